The zero-order valence-corrected chi connectivity index (χ0v) is 16.8. The molecule has 0 aromatic carbocycles. The maximum absolute atomic E-state index is 12.8. The normalized spacial score (nSPS) is 12.5. The molecule has 27 heavy (non-hydrogen) atoms. The summed E-state index contributed by atoms with van der Waals surface area (Å²) in [5, 5.41) is 11.7. The number of rotatable bonds is 7. The van der Waals surface area contributed by atoms with Crippen LogP contribution >= 0.6 is 22.7 Å². The lowest BCUT2D eigenvalue weighted by Gasteiger charge is -2.16. The lowest BCUT2D eigenvalue weighted by atomic mass is 10.1. The summed E-state index contributed by atoms with van der Waals surface area (Å²) in [5.41, 5.74) is 2.27. The number of amides is 1. The summed E-state index contributed by atoms with van der Waals surface area (Å²) in [6, 6.07) is 3.05. The molecule has 0 aliphatic rings. The zero-order chi connectivity index (χ0) is 19.6. The molecule has 1 atom stereocenters. The average Bonchev–Trinajstić information content (AvgIpc) is 3.30. The van der Waals surface area contributed by atoms with Gasteiger partial charge in [0.05, 0.1) is 11.7 Å². The topological polar surface area (TPSA) is 59.8 Å². The molecule has 3 rings (SSSR count). The fourth-order valence-corrected chi connectivity index (χ4v) is 4.33. The van der Waals surface area contributed by atoms with Crippen LogP contribution in [0.25, 0.3) is 0 Å². The SMILES string of the molecule is Cc1nc([C@@H](Cc2ccsc2)NC(=O)Cn2nc(C(F)F)cc2C)sc1C. The standard InChI is InChI=1S/C18H20F2N4OS2/c1-10-6-14(17(19)20)23-24(10)8-16(25)22-15(7-13-4-5-26-9-13)18-21-11(2)12(3)27-18/h4-6,9,15,17H,7-8H2,1-3H3,(H,22,25)/t15-/m1/s1. The van der Waals surface area contributed by atoms with Gasteiger partial charge >= 0.3 is 0 Å². The monoisotopic (exact) mass is 410 g/mol. The average molecular weight is 411 g/mol. The minimum atomic E-state index is -2.65. The van der Waals surface area contributed by atoms with E-state index in [0.29, 0.717) is 12.1 Å². The van der Waals surface area contributed by atoms with E-state index in [9.17, 15) is 13.6 Å². The van der Waals surface area contributed by atoms with E-state index >= 15 is 0 Å². The molecular formula is C18H20F2N4OS2. The number of hydrogen-bond acceptors (Lipinski definition) is 5. The summed E-state index contributed by atoms with van der Waals surface area (Å²) in [7, 11) is 0. The second-order valence-corrected chi connectivity index (χ2v) is 8.33. The maximum atomic E-state index is 12.8. The molecule has 1 amide bonds. The van der Waals surface area contributed by atoms with Crippen molar-refractivity contribution < 1.29 is 13.6 Å². The third-order valence-electron chi connectivity index (χ3n) is 4.22. The summed E-state index contributed by atoms with van der Waals surface area (Å²) in [5.74, 6) is -0.284. The van der Waals surface area contributed by atoms with Crippen molar-refractivity contribution in [1.29, 1.82) is 0 Å². The van der Waals surface area contributed by atoms with Crippen molar-refractivity contribution in [2.24, 2.45) is 0 Å². The molecule has 1 N–H and O–H groups in total. The molecule has 0 saturated heterocycles. The molecular weight excluding hydrogens is 390 g/mol. The molecule has 0 bridgehead atoms. The van der Waals surface area contributed by atoms with Gasteiger partial charge in [0.25, 0.3) is 6.43 Å². The van der Waals surface area contributed by atoms with Gasteiger partial charge in [-0.1, -0.05) is 0 Å². The van der Waals surface area contributed by atoms with Gasteiger partial charge in [0.15, 0.2) is 0 Å². The maximum Gasteiger partial charge on any atom is 0.282 e. The molecule has 3 aromatic heterocycles. The van der Waals surface area contributed by atoms with Gasteiger partial charge in [0, 0.05) is 17.0 Å². The van der Waals surface area contributed by atoms with Gasteiger partial charge in [0.2, 0.25) is 5.91 Å². The molecule has 3 heterocycles. The highest BCUT2D eigenvalue weighted by molar-refractivity contribution is 7.11. The molecule has 0 aliphatic heterocycles. The van der Waals surface area contributed by atoms with Gasteiger partial charge in [0.1, 0.15) is 17.2 Å². The first-order chi connectivity index (χ1) is 12.8. The van der Waals surface area contributed by atoms with Crippen molar-refractivity contribution in [3.63, 3.8) is 0 Å². The highest BCUT2D eigenvalue weighted by atomic mass is 32.1. The Morgan fingerprint density at radius 3 is 2.67 bits per heavy atom. The van der Waals surface area contributed by atoms with Crippen molar-refractivity contribution >= 4 is 28.6 Å². The number of halogens is 2. The number of aryl methyl sites for hydroxylation is 3. The highest BCUT2D eigenvalue weighted by Crippen LogP contribution is 2.26. The van der Waals surface area contributed by atoms with Gasteiger partial charge in [-0.3, -0.25) is 9.48 Å². The summed E-state index contributed by atoms with van der Waals surface area (Å²) in [6.45, 7) is 5.49. The number of hydrogen-bond donors (Lipinski definition) is 1. The lowest BCUT2D eigenvalue weighted by Crippen LogP contribution is -2.33. The summed E-state index contributed by atoms with van der Waals surface area (Å²) < 4.78 is 26.9. The van der Waals surface area contributed by atoms with Crippen LogP contribution in [0.3, 0.4) is 0 Å². The van der Waals surface area contributed by atoms with Crippen LogP contribution in [-0.4, -0.2) is 20.7 Å². The van der Waals surface area contributed by atoms with E-state index in [1.54, 1.807) is 29.6 Å². The van der Waals surface area contributed by atoms with E-state index in [4.69, 9.17) is 0 Å². The number of carbonyl (C=O) groups is 1. The fraction of sp³-hybridized carbons (Fsp3) is 0.389. The Kier molecular flexibility index (Phi) is 6.01. The Morgan fingerprint density at radius 2 is 2.11 bits per heavy atom. The van der Waals surface area contributed by atoms with E-state index in [2.05, 4.69) is 15.4 Å². The molecule has 0 spiro atoms. The first-order valence-corrected chi connectivity index (χ1v) is 10.2. The number of thiophene rings is 1. The third-order valence-corrected chi connectivity index (χ3v) is 6.13. The molecule has 0 fully saturated rings. The summed E-state index contributed by atoms with van der Waals surface area (Å²) in [6.07, 6.45) is -2.03. The van der Waals surface area contributed by atoms with Gasteiger partial charge in [-0.15, -0.1) is 11.3 Å². The van der Waals surface area contributed by atoms with Gasteiger partial charge in [-0.2, -0.15) is 16.4 Å². The Hall–Kier alpha value is -2.13. The van der Waals surface area contributed by atoms with Crippen LogP contribution in [0.5, 0.6) is 0 Å². The first kappa shape index (κ1) is 19.6. The Balaban J connectivity index is 1.75. The fourth-order valence-electron chi connectivity index (χ4n) is 2.67. The molecule has 5 nitrogen and oxygen atoms in total. The number of carbonyl (C=O) groups excluding carboxylic acids is 1. The summed E-state index contributed by atoms with van der Waals surface area (Å²) >= 11 is 3.16. The molecule has 0 radical (unpaired) electrons. The van der Waals surface area contributed by atoms with Crippen LogP contribution < -0.4 is 5.32 Å². The molecule has 144 valence electrons. The van der Waals surface area contributed by atoms with Crippen LogP contribution in [0, 0.1) is 20.8 Å². The second-order valence-electron chi connectivity index (χ2n) is 6.32. The van der Waals surface area contributed by atoms with E-state index in [1.165, 1.54) is 10.7 Å². The molecule has 0 unspecified atom stereocenters. The van der Waals surface area contributed by atoms with E-state index < -0.39 is 6.43 Å². The van der Waals surface area contributed by atoms with E-state index in [0.717, 1.165) is 21.1 Å². The largest absolute Gasteiger partial charge is 0.345 e. The van der Waals surface area contributed by atoms with Crippen molar-refractivity contribution in [2.45, 2.75) is 46.2 Å². The highest BCUT2D eigenvalue weighted by Gasteiger charge is 2.21. The second kappa shape index (κ2) is 8.26. The van der Waals surface area contributed by atoms with Gasteiger partial charge in [-0.25, -0.2) is 13.8 Å². The van der Waals surface area contributed by atoms with Crippen LogP contribution in [0.1, 0.15) is 45.0 Å². The Bertz CT molecular complexity index is 899. The quantitative estimate of drug-likeness (QED) is 0.629. The van der Waals surface area contributed by atoms with Crippen LogP contribution in [-0.2, 0) is 17.8 Å². The number of thiazole rings is 1. The van der Waals surface area contributed by atoms with Crippen LogP contribution in [0.15, 0.2) is 22.9 Å². The minimum Gasteiger partial charge on any atom is -0.345 e. The molecule has 0 saturated carbocycles. The smallest absolute Gasteiger partial charge is 0.282 e. The van der Waals surface area contributed by atoms with Crippen molar-refractivity contribution in [2.75, 3.05) is 0 Å². The van der Waals surface area contributed by atoms with Crippen molar-refractivity contribution in [1.82, 2.24) is 20.1 Å². The predicted octanol–water partition coefficient (Wildman–Crippen LogP) is 4.36. The number of aromatic nitrogens is 3. The summed E-state index contributed by atoms with van der Waals surface area (Å²) in [4.78, 5) is 18.3. The molecule has 0 aliphatic carbocycles. The number of nitrogens with zero attached hydrogens (tertiary/aromatic N) is 3. The van der Waals surface area contributed by atoms with Crippen molar-refractivity contribution in [3.8, 4) is 0 Å². The predicted molar refractivity (Wildman–Crippen MR) is 102 cm³/mol. The first-order valence-electron chi connectivity index (χ1n) is 8.40. The van der Waals surface area contributed by atoms with Crippen LogP contribution in [0.2, 0.25) is 0 Å². The number of nitrogens with one attached hydrogen (secondary N) is 1. The van der Waals surface area contributed by atoms with E-state index in [1.807, 2.05) is 30.7 Å². The van der Waals surface area contributed by atoms with E-state index in [-0.39, 0.29) is 24.2 Å². The van der Waals surface area contributed by atoms with Crippen LogP contribution in [0.4, 0.5) is 8.78 Å². The Labute approximate surface area is 164 Å². The Morgan fingerprint density at radius 1 is 1.33 bits per heavy atom. The number of alkyl halides is 2. The minimum absolute atomic E-state index is 0.109. The zero-order valence-electron chi connectivity index (χ0n) is 15.2. The third kappa shape index (κ3) is 4.78. The van der Waals surface area contributed by atoms with Crippen molar-refractivity contribution in [3.05, 3.63) is 55.4 Å². The molecule has 9 heteroatoms. The molecule has 3 aromatic rings. The van der Waals surface area contributed by atoms with Gasteiger partial charge in [-0.05, 0) is 49.2 Å². The lowest BCUT2D eigenvalue weighted by molar-refractivity contribution is -0.122. The van der Waals surface area contributed by atoms with Gasteiger partial charge < -0.3 is 5.32 Å².